The Morgan fingerprint density at radius 2 is 2.12 bits per heavy atom. The summed E-state index contributed by atoms with van der Waals surface area (Å²) in [5.41, 5.74) is 1.56. The molecule has 0 radical (unpaired) electrons. The second kappa shape index (κ2) is 7.53. The molecule has 26 heavy (non-hydrogen) atoms. The van der Waals surface area contributed by atoms with E-state index in [1.165, 1.54) is 0 Å². The lowest BCUT2D eigenvalue weighted by atomic mass is 10.1. The van der Waals surface area contributed by atoms with Gasteiger partial charge in [-0.15, -0.1) is 0 Å². The highest BCUT2D eigenvalue weighted by molar-refractivity contribution is 5.83. The molecule has 0 aliphatic carbocycles. The molecule has 0 aromatic carbocycles. The molecule has 4 heterocycles. The number of aromatic nitrogens is 2. The average molecular weight is 352 g/mol. The summed E-state index contributed by atoms with van der Waals surface area (Å²) >= 11 is 0. The second-order valence-corrected chi connectivity index (χ2v) is 6.31. The number of hydrogen-bond donors (Lipinski definition) is 1. The van der Waals surface area contributed by atoms with Crippen LogP contribution in [0.1, 0.15) is 30.1 Å². The molecular weight excluding hydrogens is 332 g/mol. The Hall–Kier alpha value is -2.93. The SMILES string of the molecule is O=C(NCc1cc(-c2ccco2)on1)C(c1cccnc1)N1CCCC1. The minimum atomic E-state index is -0.331. The molecule has 134 valence electrons. The van der Waals surface area contributed by atoms with Gasteiger partial charge in [-0.05, 0) is 49.7 Å². The molecule has 1 fully saturated rings. The molecule has 3 aromatic rings. The summed E-state index contributed by atoms with van der Waals surface area (Å²) in [4.78, 5) is 19.2. The van der Waals surface area contributed by atoms with Gasteiger partial charge in [0.15, 0.2) is 5.76 Å². The van der Waals surface area contributed by atoms with Crippen molar-refractivity contribution in [3.05, 3.63) is 60.2 Å². The third kappa shape index (κ3) is 3.52. The lowest BCUT2D eigenvalue weighted by Crippen LogP contribution is -2.39. The van der Waals surface area contributed by atoms with Crippen LogP contribution in [0.5, 0.6) is 0 Å². The van der Waals surface area contributed by atoms with Crippen molar-refractivity contribution in [1.29, 1.82) is 0 Å². The molecule has 3 aromatic heterocycles. The van der Waals surface area contributed by atoms with Gasteiger partial charge in [-0.2, -0.15) is 0 Å². The molecule has 1 unspecified atom stereocenters. The van der Waals surface area contributed by atoms with Gasteiger partial charge in [-0.1, -0.05) is 11.2 Å². The number of carbonyl (C=O) groups is 1. The molecule has 1 amide bonds. The van der Waals surface area contributed by atoms with E-state index in [-0.39, 0.29) is 11.9 Å². The molecular formula is C19H20N4O3. The molecule has 0 bridgehead atoms. The standard InChI is InChI=1S/C19H20N4O3/c24-19(18(23-8-1-2-9-23)14-5-3-7-20-12-14)21-13-15-11-17(26-22-15)16-6-4-10-25-16/h3-7,10-12,18H,1-2,8-9,13H2,(H,21,24). The van der Waals surface area contributed by atoms with E-state index >= 15 is 0 Å². The zero-order chi connectivity index (χ0) is 17.8. The second-order valence-electron chi connectivity index (χ2n) is 6.31. The van der Waals surface area contributed by atoms with E-state index in [0.29, 0.717) is 23.8 Å². The van der Waals surface area contributed by atoms with Crippen LogP contribution in [0.2, 0.25) is 0 Å². The van der Waals surface area contributed by atoms with Crippen LogP contribution in [0.25, 0.3) is 11.5 Å². The third-order valence-corrected chi connectivity index (χ3v) is 4.52. The van der Waals surface area contributed by atoms with E-state index in [1.807, 2.05) is 12.1 Å². The Labute approximate surface area is 151 Å². The summed E-state index contributed by atoms with van der Waals surface area (Å²) in [6.45, 7) is 2.13. The smallest absolute Gasteiger partial charge is 0.242 e. The first-order valence-electron chi connectivity index (χ1n) is 8.72. The topological polar surface area (TPSA) is 84.4 Å². The van der Waals surface area contributed by atoms with Gasteiger partial charge in [0.05, 0.1) is 12.8 Å². The van der Waals surface area contributed by atoms with Crippen molar-refractivity contribution in [2.45, 2.75) is 25.4 Å². The largest absolute Gasteiger partial charge is 0.461 e. The van der Waals surface area contributed by atoms with Crippen molar-refractivity contribution in [2.24, 2.45) is 0 Å². The highest BCUT2D eigenvalue weighted by Crippen LogP contribution is 2.25. The molecule has 1 aliphatic rings. The number of nitrogens with zero attached hydrogens (tertiary/aromatic N) is 3. The zero-order valence-corrected chi connectivity index (χ0v) is 14.3. The van der Waals surface area contributed by atoms with Gasteiger partial charge in [0.1, 0.15) is 11.7 Å². The minimum Gasteiger partial charge on any atom is -0.461 e. The van der Waals surface area contributed by atoms with Crippen molar-refractivity contribution < 1.29 is 13.7 Å². The Morgan fingerprint density at radius 3 is 2.85 bits per heavy atom. The number of rotatable bonds is 6. The quantitative estimate of drug-likeness (QED) is 0.734. The van der Waals surface area contributed by atoms with Crippen LogP contribution in [0.3, 0.4) is 0 Å². The maximum absolute atomic E-state index is 12.9. The fourth-order valence-electron chi connectivity index (χ4n) is 3.27. The molecule has 1 aliphatic heterocycles. The molecule has 4 rings (SSSR count). The molecule has 0 spiro atoms. The third-order valence-electron chi connectivity index (χ3n) is 4.52. The van der Waals surface area contributed by atoms with Crippen molar-refractivity contribution in [1.82, 2.24) is 20.4 Å². The van der Waals surface area contributed by atoms with E-state index in [2.05, 4.69) is 20.4 Å². The van der Waals surface area contributed by atoms with Crippen LogP contribution in [-0.4, -0.2) is 34.0 Å². The lowest BCUT2D eigenvalue weighted by molar-refractivity contribution is -0.126. The number of furan rings is 1. The minimum absolute atomic E-state index is 0.0533. The predicted octanol–water partition coefficient (Wildman–Crippen LogP) is 2.78. The Balaban J connectivity index is 1.45. The molecule has 1 atom stereocenters. The van der Waals surface area contributed by atoms with E-state index in [4.69, 9.17) is 8.94 Å². The fourth-order valence-corrected chi connectivity index (χ4v) is 3.27. The molecule has 7 nitrogen and oxygen atoms in total. The van der Waals surface area contributed by atoms with E-state index in [1.54, 1.807) is 36.9 Å². The normalized spacial score (nSPS) is 15.8. The zero-order valence-electron chi connectivity index (χ0n) is 14.3. The highest BCUT2D eigenvalue weighted by Gasteiger charge is 2.29. The van der Waals surface area contributed by atoms with Crippen molar-refractivity contribution >= 4 is 5.91 Å². The molecule has 0 saturated carbocycles. The number of likely N-dealkylation sites (tertiary alicyclic amines) is 1. The summed E-state index contributed by atoms with van der Waals surface area (Å²) < 4.78 is 10.6. The van der Waals surface area contributed by atoms with Gasteiger partial charge in [0.25, 0.3) is 0 Å². The van der Waals surface area contributed by atoms with Crippen LogP contribution < -0.4 is 5.32 Å². The predicted molar refractivity (Wildman–Crippen MR) is 93.8 cm³/mol. The van der Waals surface area contributed by atoms with Crippen molar-refractivity contribution in [3.63, 3.8) is 0 Å². The average Bonchev–Trinajstić information content (AvgIpc) is 3.42. The summed E-state index contributed by atoms with van der Waals surface area (Å²) in [6.07, 6.45) is 7.27. The van der Waals surface area contributed by atoms with Gasteiger partial charge < -0.3 is 14.3 Å². The van der Waals surface area contributed by atoms with E-state index in [9.17, 15) is 4.79 Å². The van der Waals surface area contributed by atoms with Crippen LogP contribution >= 0.6 is 0 Å². The van der Waals surface area contributed by atoms with E-state index < -0.39 is 0 Å². The number of carbonyl (C=O) groups excluding carboxylic acids is 1. The van der Waals surface area contributed by atoms with Crippen molar-refractivity contribution in [3.8, 4) is 11.5 Å². The Bertz CT molecular complexity index is 839. The number of pyridine rings is 1. The monoisotopic (exact) mass is 352 g/mol. The van der Waals surface area contributed by atoms with Crippen LogP contribution in [0.15, 0.2) is 57.9 Å². The summed E-state index contributed by atoms with van der Waals surface area (Å²) in [5, 5.41) is 6.97. The summed E-state index contributed by atoms with van der Waals surface area (Å²) in [6, 6.07) is 8.83. The Kier molecular flexibility index (Phi) is 4.79. The van der Waals surface area contributed by atoms with Gasteiger partial charge >= 0.3 is 0 Å². The van der Waals surface area contributed by atoms with Gasteiger partial charge in [-0.25, -0.2) is 0 Å². The van der Waals surface area contributed by atoms with Gasteiger partial charge in [0.2, 0.25) is 11.7 Å². The van der Waals surface area contributed by atoms with Crippen LogP contribution in [0.4, 0.5) is 0 Å². The van der Waals surface area contributed by atoms with Crippen molar-refractivity contribution in [2.75, 3.05) is 13.1 Å². The first-order chi connectivity index (χ1) is 12.8. The Morgan fingerprint density at radius 1 is 1.23 bits per heavy atom. The van der Waals surface area contributed by atoms with Crippen LogP contribution in [-0.2, 0) is 11.3 Å². The summed E-state index contributed by atoms with van der Waals surface area (Å²) in [5.74, 6) is 1.10. The maximum Gasteiger partial charge on any atom is 0.242 e. The number of nitrogens with one attached hydrogen (secondary N) is 1. The number of hydrogen-bond acceptors (Lipinski definition) is 6. The fraction of sp³-hybridized carbons (Fsp3) is 0.316. The lowest BCUT2D eigenvalue weighted by Gasteiger charge is -2.26. The van der Waals surface area contributed by atoms with Gasteiger partial charge in [0, 0.05) is 18.5 Å². The summed E-state index contributed by atoms with van der Waals surface area (Å²) in [7, 11) is 0. The maximum atomic E-state index is 12.9. The first-order valence-corrected chi connectivity index (χ1v) is 8.72. The van der Waals surface area contributed by atoms with Gasteiger partial charge in [-0.3, -0.25) is 14.7 Å². The molecule has 7 heteroatoms. The highest BCUT2D eigenvalue weighted by atomic mass is 16.5. The first kappa shape index (κ1) is 16.5. The molecule has 1 N–H and O–H groups in total. The molecule has 1 saturated heterocycles. The van der Waals surface area contributed by atoms with Crippen LogP contribution in [0, 0.1) is 0 Å². The number of amides is 1. The van der Waals surface area contributed by atoms with E-state index in [0.717, 1.165) is 31.5 Å².